The molecular weight excluding hydrogens is 633 g/mol. The van der Waals surface area contributed by atoms with E-state index >= 15 is 0 Å². The van der Waals surface area contributed by atoms with Crippen LogP contribution in [0.1, 0.15) is 16.4 Å². The number of thioether (sulfide) groups is 1. The quantitative estimate of drug-likeness (QED) is 0.256. The number of ether oxygens (including phenoxy) is 2. The zero-order valence-corrected chi connectivity index (χ0v) is 25.9. The zero-order chi connectivity index (χ0) is 30.4. The Bertz CT molecular complexity index is 1820. The van der Waals surface area contributed by atoms with E-state index in [-0.39, 0.29) is 22.3 Å². The first-order chi connectivity index (χ1) is 20.7. The largest absolute Gasteiger partial charge is 0.497 e. The Labute approximate surface area is 264 Å². The number of amides is 3. The van der Waals surface area contributed by atoms with E-state index in [9.17, 15) is 19.2 Å². The number of nitrogens with zero attached hydrogens (tertiary/aromatic N) is 2. The van der Waals surface area contributed by atoms with Gasteiger partial charge in [0.2, 0.25) is 17.7 Å². The molecule has 1 N–H and O–H groups in total. The maximum Gasteiger partial charge on any atom is 0.308 e. The third-order valence-corrected chi connectivity index (χ3v) is 10.7. The van der Waals surface area contributed by atoms with E-state index in [1.807, 2.05) is 18.2 Å². The summed E-state index contributed by atoms with van der Waals surface area (Å²) < 4.78 is 12.2. The standard InChI is InChI=1S/C30H23Cl2N3O6S2/c1-40-17-10-8-16(9-11-17)35-27(37)24-23(18-5-3-4-6-21(18)41-2)26-29(42-25(24)28(35)38)34(30(39)43-26)14-22(36)33-15-7-12-19(31)20(32)13-15/h3-13,23-25H,14H2,1-2H3,(H,33,36). The maximum absolute atomic E-state index is 14.1. The van der Waals surface area contributed by atoms with E-state index in [4.69, 9.17) is 32.7 Å². The molecular formula is C30H23Cl2N3O6S2. The third-order valence-electron chi connectivity index (χ3n) is 7.36. The van der Waals surface area contributed by atoms with Crippen LogP contribution in [-0.4, -0.2) is 41.8 Å². The number of carbonyl (C=O) groups excluding carboxylic acids is 3. The highest BCUT2D eigenvalue weighted by Gasteiger charge is 2.57. The summed E-state index contributed by atoms with van der Waals surface area (Å²) in [6, 6.07) is 18.6. The SMILES string of the molecule is COc1ccc(N2C(=O)C3Sc4c(sc(=O)n4CC(=O)Nc4ccc(Cl)c(Cl)c4)C(c4ccccc4OC)C3C2=O)cc1. The smallest absolute Gasteiger partial charge is 0.308 e. The fourth-order valence-electron chi connectivity index (χ4n) is 5.42. The lowest BCUT2D eigenvalue weighted by atomic mass is 9.82. The van der Waals surface area contributed by atoms with Gasteiger partial charge >= 0.3 is 4.87 Å². The van der Waals surface area contributed by atoms with Crippen LogP contribution in [0.3, 0.4) is 0 Å². The summed E-state index contributed by atoms with van der Waals surface area (Å²) in [5.74, 6) is -1.59. The summed E-state index contributed by atoms with van der Waals surface area (Å²) in [6.45, 7) is -0.307. The van der Waals surface area contributed by atoms with Crippen molar-refractivity contribution in [2.24, 2.45) is 5.92 Å². The predicted octanol–water partition coefficient (Wildman–Crippen LogP) is 5.67. The summed E-state index contributed by atoms with van der Waals surface area (Å²) >= 11 is 14.2. The molecule has 3 aromatic carbocycles. The number of methoxy groups -OCH3 is 2. The number of carbonyl (C=O) groups is 3. The molecule has 0 saturated carbocycles. The number of fused-ring (bicyclic) bond motifs is 2. The molecule has 1 aromatic heterocycles. The molecule has 2 aliphatic heterocycles. The molecule has 220 valence electrons. The van der Waals surface area contributed by atoms with Crippen LogP contribution >= 0.6 is 46.3 Å². The van der Waals surface area contributed by atoms with Crippen molar-refractivity contribution in [1.82, 2.24) is 4.57 Å². The molecule has 0 aliphatic carbocycles. The number of rotatable bonds is 7. The fraction of sp³-hybridized carbons (Fsp3) is 0.200. The Balaban J connectivity index is 1.41. The van der Waals surface area contributed by atoms with Gasteiger partial charge in [0.25, 0.3) is 0 Å². The molecule has 3 unspecified atom stereocenters. The van der Waals surface area contributed by atoms with Crippen molar-refractivity contribution in [2.45, 2.75) is 22.7 Å². The molecule has 9 nitrogen and oxygen atoms in total. The molecule has 1 fully saturated rings. The van der Waals surface area contributed by atoms with Gasteiger partial charge in [0.05, 0.1) is 40.9 Å². The van der Waals surface area contributed by atoms with Gasteiger partial charge in [0.15, 0.2) is 0 Å². The van der Waals surface area contributed by atoms with Gasteiger partial charge in [-0.2, -0.15) is 0 Å². The van der Waals surface area contributed by atoms with E-state index in [1.165, 1.54) is 29.8 Å². The minimum Gasteiger partial charge on any atom is -0.497 e. The van der Waals surface area contributed by atoms with Gasteiger partial charge in [-0.3, -0.25) is 23.7 Å². The Morgan fingerprint density at radius 1 is 0.930 bits per heavy atom. The van der Waals surface area contributed by atoms with Crippen molar-refractivity contribution in [1.29, 1.82) is 0 Å². The van der Waals surface area contributed by atoms with Crippen molar-refractivity contribution < 1.29 is 23.9 Å². The fourth-order valence-corrected chi connectivity index (χ4v) is 8.48. The van der Waals surface area contributed by atoms with Crippen molar-refractivity contribution >= 4 is 75.4 Å². The predicted molar refractivity (Wildman–Crippen MR) is 167 cm³/mol. The second-order valence-corrected chi connectivity index (χ2v) is 12.7. The molecule has 6 rings (SSSR count). The number of hydrogen-bond donors (Lipinski definition) is 1. The molecule has 43 heavy (non-hydrogen) atoms. The monoisotopic (exact) mass is 655 g/mol. The van der Waals surface area contributed by atoms with Gasteiger partial charge in [-0.05, 0) is 48.5 Å². The molecule has 0 bridgehead atoms. The van der Waals surface area contributed by atoms with Crippen LogP contribution in [-0.2, 0) is 20.9 Å². The average molecular weight is 657 g/mol. The Morgan fingerprint density at radius 3 is 2.37 bits per heavy atom. The summed E-state index contributed by atoms with van der Waals surface area (Å²) in [7, 11) is 3.06. The molecule has 4 aromatic rings. The number of nitrogens with one attached hydrogen (secondary N) is 1. The number of anilines is 2. The normalized spacial score (nSPS) is 19.2. The number of para-hydroxylation sites is 1. The van der Waals surface area contributed by atoms with Gasteiger partial charge in [-0.25, -0.2) is 4.90 Å². The van der Waals surface area contributed by atoms with Gasteiger partial charge in [0.1, 0.15) is 23.3 Å². The van der Waals surface area contributed by atoms with Crippen LogP contribution in [0, 0.1) is 5.92 Å². The van der Waals surface area contributed by atoms with Crippen LogP contribution in [0.4, 0.5) is 11.4 Å². The minimum absolute atomic E-state index is 0.275. The Kier molecular flexibility index (Phi) is 7.99. The lowest BCUT2D eigenvalue weighted by Crippen LogP contribution is -2.33. The summed E-state index contributed by atoms with van der Waals surface area (Å²) in [5, 5.41) is 2.98. The first-order valence-corrected chi connectivity index (χ1v) is 15.5. The first-order valence-electron chi connectivity index (χ1n) is 13.0. The molecule has 3 heterocycles. The van der Waals surface area contributed by atoms with Crippen molar-refractivity contribution in [3.05, 3.63) is 96.9 Å². The number of aromatic nitrogens is 1. The zero-order valence-electron chi connectivity index (χ0n) is 22.7. The second-order valence-electron chi connectivity index (χ2n) is 9.79. The summed E-state index contributed by atoms with van der Waals surface area (Å²) in [4.78, 5) is 55.9. The molecule has 3 atom stereocenters. The van der Waals surface area contributed by atoms with Crippen LogP contribution < -0.4 is 24.6 Å². The minimum atomic E-state index is -0.838. The van der Waals surface area contributed by atoms with Crippen molar-refractivity contribution in [3.8, 4) is 11.5 Å². The van der Waals surface area contributed by atoms with E-state index in [0.29, 0.717) is 43.4 Å². The molecule has 1 saturated heterocycles. The molecule has 0 spiro atoms. The van der Waals surface area contributed by atoms with E-state index in [0.717, 1.165) is 23.1 Å². The van der Waals surface area contributed by atoms with E-state index in [1.54, 1.807) is 42.5 Å². The van der Waals surface area contributed by atoms with Crippen LogP contribution in [0.15, 0.2) is 76.6 Å². The number of imide groups is 1. The number of halogens is 2. The highest BCUT2D eigenvalue weighted by Crippen LogP contribution is 2.55. The highest BCUT2D eigenvalue weighted by molar-refractivity contribution is 8.00. The Hall–Kier alpha value is -3.77. The summed E-state index contributed by atoms with van der Waals surface area (Å²) in [6.07, 6.45) is 0. The highest BCUT2D eigenvalue weighted by atomic mass is 35.5. The second kappa shape index (κ2) is 11.7. The van der Waals surface area contributed by atoms with E-state index < -0.39 is 28.9 Å². The number of benzene rings is 3. The van der Waals surface area contributed by atoms with Crippen LogP contribution in [0.25, 0.3) is 0 Å². The first kappa shape index (κ1) is 29.3. The Morgan fingerprint density at radius 2 is 1.67 bits per heavy atom. The number of hydrogen-bond acceptors (Lipinski definition) is 8. The maximum atomic E-state index is 14.1. The molecule has 13 heteroatoms. The lowest BCUT2D eigenvalue weighted by molar-refractivity contribution is -0.122. The van der Waals surface area contributed by atoms with Crippen molar-refractivity contribution in [2.75, 3.05) is 24.4 Å². The third kappa shape index (κ3) is 5.20. The topological polar surface area (TPSA) is 107 Å². The van der Waals surface area contributed by atoms with Crippen LogP contribution in [0.5, 0.6) is 11.5 Å². The number of thiazole rings is 1. The van der Waals surface area contributed by atoms with Gasteiger partial charge in [-0.15, -0.1) is 0 Å². The van der Waals surface area contributed by atoms with Gasteiger partial charge in [-0.1, -0.05) is 64.5 Å². The lowest BCUT2D eigenvalue weighted by Gasteiger charge is -2.31. The van der Waals surface area contributed by atoms with Gasteiger partial charge < -0.3 is 14.8 Å². The molecule has 2 aliphatic rings. The summed E-state index contributed by atoms with van der Waals surface area (Å²) in [5.41, 5.74) is 1.52. The average Bonchev–Trinajstić information content (AvgIpc) is 3.45. The molecule has 3 amide bonds. The van der Waals surface area contributed by atoms with Gasteiger partial charge in [0, 0.05) is 22.0 Å². The van der Waals surface area contributed by atoms with Crippen LogP contribution in [0.2, 0.25) is 10.0 Å². The van der Waals surface area contributed by atoms with Crippen molar-refractivity contribution in [3.63, 3.8) is 0 Å². The van der Waals surface area contributed by atoms with E-state index in [2.05, 4.69) is 5.32 Å². The molecule has 0 radical (unpaired) electrons.